The molecule has 1 fully saturated rings. The summed E-state index contributed by atoms with van der Waals surface area (Å²) in [5, 5.41) is 5.61. The van der Waals surface area contributed by atoms with Gasteiger partial charge in [-0.15, -0.1) is 0 Å². The van der Waals surface area contributed by atoms with Crippen LogP contribution in [0, 0.1) is 0 Å². The summed E-state index contributed by atoms with van der Waals surface area (Å²) >= 11 is 12.5. The van der Waals surface area contributed by atoms with Gasteiger partial charge >= 0.3 is 0 Å². The van der Waals surface area contributed by atoms with E-state index in [1.165, 1.54) is 0 Å². The number of nitrogens with zero attached hydrogens (tertiary/aromatic N) is 4. The molecule has 4 aromatic rings. The Kier molecular flexibility index (Phi) is 7.26. The predicted octanol–water partition coefficient (Wildman–Crippen LogP) is 5.83. The van der Waals surface area contributed by atoms with Crippen LogP contribution in [0.1, 0.15) is 10.5 Å². The van der Waals surface area contributed by atoms with Gasteiger partial charge in [0.05, 0.1) is 41.3 Å². The molecule has 5 rings (SSSR count). The number of para-hydroxylation sites is 2. The van der Waals surface area contributed by atoms with Gasteiger partial charge in [0.2, 0.25) is 0 Å². The Bertz CT molecular complexity index is 1430. The topological polar surface area (TPSA) is 59.8 Å². The second-order valence-electron chi connectivity index (χ2n) is 8.61. The summed E-state index contributed by atoms with van der Waals surface area (Å²) in [6.45, 7) is 2.52. The normalized spacial score (nSPS) is 13.5. The molecule has 9 heteroatoms. The first kappa shape index (κ1) is 25.0. The first-order chi connectivity index (χ1) is 18.0. The number of halogens is 2. The van der Waals surface area contributed by atoms with Gasteiger partial charge in [0.1, 0.15) is 17.2 Å². The Hall–Kier alpha value is -3.68. The number of methoxy groups -OCH3 is 2. The monoisotopic (exact) mass is 536 g/mol. The molecule has 3 aromatic carbocycles. The number of ether oxygens (including phenoxy) is 2. The molecule has 1 aliphatic rings. The van der Waals surface area contributed by atoms with E-state index < -0.39 is 0 Å². The molecule has 7 nitrogen and oxygen atoms in total. The molecule has 1 aromatic heterocycles. The maximum Gasteiger partial charge on any atom is 0.272 e. The largest absolute Gasteiger partial charge is 0.497 e. The lowest BCUT2D eigenvalue weighted by Crippen LogP contribution is -2.49. The Morgan fingerprint density at radius 1 is 0.838 bits per heavy atom. The van der Waals surface area contributed by atoms with Crippen LogP contribution in [0.4, 0.5) is 5.69 Å². The highest BCUT2D eigenvalue weighted by Gasteiger charge is 2.27. The SMILES string of the molecule is COc1cccc(-c2cc(C(=O)N3CCN(c4ccccc4OC)CC3)n(-c3ccc(Cl)c(Cl)c3)n2)c1. The van der Waals surface area contributed by atoms with Crippen molar-refractivity contribution in [2.75, 3.05) is 45.3 Å². The van der Waals surface area contributed by atoms with Crippen LogP contribution >= 0.6 is 23.2 Å². The van der Waals surface area contributed by atoms with Crippen molar-refractivity contribution in [2.24, 2.45) is 0 Å². The van der Waals surface area contributed by atoms with Crippen LogP contribution in [0.2, 0.25) is 10.0 Å². The van der Waals surface area contributed by atoms with Gasteiger partial charge in [0.15, 0.2) is 0 Å². The van der Waals surface area contributed by atoms with E-state index in [9.17, 15) is 4.79 Å². The molecule has 37 heavy (non-hydrogen) atoms. The minimum Gasteiger partial charge on any atom is -0.497 e. The Morgan fingerprint density at radius 2 is 1.62 bits per heavy atom. The van der Waals surface area contributed by atoms with Crippen molar-refractivity contribution in [2.45, 2.75) is 0 Å². The van der Waals surface area contributed by atoms with E-state index >= 15 is 0 Å². The van der Waals surface area contributed by atoms with Crippen LogP contribution in [-0.2, 0) is 0 Å². The van der Waals surface area contributed by atoms with Crippen LogP contribution in [0.5, 0.6) is 11.5 Å². The number of rotatable bonds is 6. The van der Waals surface area contributed by atoms with Crippen molar-refractivity contribution < 1.29 is 14.3 Å². The van der Waals surface area contributed by atoms with Gasteiger partial charge < -0.3 is 19.3 Å². The summed E-state index contributed by atoms with van der Waals surface area (Å²) in [6.07, 6.45) is 0. The predicted molar refractivity (Wildman–Crippen MR) is 147 cm³/mol. The summed E-state index contributed by atoms with van der Waals surface area (Å²) in [6, 6.07) is 22.5. The average molecular weight is 537 g/mol. The summed E-state index contributed by atoms with van der Waals surface area (Å²) < 4.78 is 12.5. The van der Waals surface area contributed by atoms with Gasteiger partial charge in [-0.2, -0.15) is 5.10 Å². The molecule has 0 radical (unpaired) electrons. The molecule has 0 bridgehead atoms. The zero-order valence-corrected chi connectivity index (χ0v) is 22.0. The van der Waals surface area contributed by atoms with E-state index in [0.29, 0.717) is 59.0 Å². The van der Waals surface area contributed by atoms with Crippen molar-refractivity contribution in [3.63, 3.8) is 0 Å². The number of piperazine rings is 1. The van der Waals surface area contributed by atoms with Crippen molar-refractivity contribution in [1.29, 1.82) is 0 Å². The maximum atomic E-state index is 13.8. The number of carbonyl (C=O) groups is 1. The second-order valence-corrected chi connectivity index (χ2v) is 9.42. The van der Waals surface area contributed by atoms with Gasteiger partial charge in [-0.1, -0.05) is 47.5 Å². The zero-order valence-electron chi connectivity index (χ0n) is 20.5. The van der Waals surface area contributed by atoms with Crippen LogP contribution in [-0.4, -0.2) is 61.0 Å². The number of amides is 1. The third kappa shape index (κ3) is 5.10. The zero-order chi connectivity index (χ0) is 25.9. The Balaban J connectivity index is 1.46. The number of aromatic nitrogens is 2. The number of hydrogen-bond acceptors (Lipinski definition) is 5. The van der Waals surface area contributed by atoms with Crippen molar-refractivity contribution in [3.8, 4) is 28.4 Å². The first-order valence-electron chi connectivity index (χ1n) is 11.9. The highest BCUT2D eigenvalue weighted by Crippen LogP contribution is 2.31. The second kappa shape index (κ2) is 10.7. The first-order valence-corrected chi connectivity index (χ1v) is 12.6. The molecule has 0 atom stereocenters. The smallest absolute Gasteiger partial charge is 0.272 e. The standard InChI is InChI=1S/C28H26Cl2N4O3/c1-36-21-7-5-6-19(16-21)24-18-26(34(31-24)20-10-11-22(29)23(30)17-20)28(35)33-14-12-32(13-15-33)25-8-3-4-9-27(25)37-2/h3-11,16-18H,12-15H2,1-2H3. The van der Waals surface area contributed by atoms with E-state index in [-0.39, 0.29) is 5.91 Å². The van der Waals surface area contributed by atoms with Gasteiger partial charge in [-0.05, 0) is 48.5 Å². The maximum absolute atomic E-state index is 13.8. The molecule has 1 saturated heterocycles. The van der Waals surface area contributed by atoms with E-state index in [0.717, 1.165) is 17.0 Å². The molecular weight excluding hydrogens is 511 g/mol. The lowest BCUT2D eigenvalue weighted by Gasteiger charge is -2.36. The molecule has 2 heterocycles. The summed E-state index contributed by atoms with van der Waals surface area (Å²) in [5.74, 6) is 1.43. The summed E-state index contributed by atoms with van der Waals surface area (Å²) in [7, 11) is 3.29. The number of benzene rings is 3. The molecule has 0 saturated carbocycles. The van der Waals surface area contributed by atoms with E-state index in [1.807, 2.05) is 59.5 Å². The van der Waals surface area contributed by atoms with Gasteiger partial charge in [0.25, 0.3) is 5.91 Å². The minimum absolute atomic E-state index is 0.104. The third-order valence-electron chi connectivity index (χ3n) is 6.43. The summed E-state index contributed by atoms with van der Waals surface area (Å²) in [4.78, 5) is 17.9. The highest BCUT2D eigenvalue weighted by molar-refractivity contribution is 6.42. The molecule has 0 N–H and O–H groups in total. The van der Waals surface area contributed by atoms with E-state index in [2.05, 4.69) is 4.90 Å². The molecule has 0 unspecified atom stereocenters. The fourth-order valence-electron chi connectivity index (χ4n) is 4.47. The van der Waals surface area contributed by atoms with Gasteiger partial charge in [-0.3, -0.25) is 4.79 Å². The molecule has 0 aliphatic carbocycles. The van der Waals surface area contributed by atoms with Gasteiger partial charge in [0, 0.05) is 31.7 Å². The molecule has 1 amide bonds. The van der Waals surface area contributed by atoms with E-state index in [1.54, 1.807) is 37.1 Å². The molecule has 1 aliphatic heterocycles. The number of anilines is 1. The van der Waals surface area contributed by atoms with Crippen LogP contribution in [0.3, 0.4) is 0 Å². The lowest BCUT2D eigenvalue weighted by atomic mass is 10.1. The lowest BCUT2D eigenvalue weighted by molar-refractivity contribution is 0.0737. The Morgan fingerprint density at radius 3 is 2.35 bits per heavy atom. The Labute approximate surface area is 225 Å². The molecule has 190 valence electrons. The average Bonchev–Trinajstić information content (AvgIpc) is 3.40. The van der Waals surface area contributed by atoms with Crippen molar-refractivity contribution in [3.05, 3.63) is 88.5 Å². The van der Waals surface area contributed by atoms with E-state index in [4.69, 9.17) is 37.8 Å². The third-order valence-corrected chi connectivity index (χ3v) is 7.17. The van der Waals surface area contributed by atoms with Crippen molar-refractivity contribution >= 4 is 34.8 Å². The van der Waals surface area contributed by atoms with Crippen LogP contribution in [0.15, 0.2) is 72.8 Å². The quantitative estimate of drug-likeness (QED) is 0.310. The number of hydrogen-bond donors (Lipinski definition) is 0. The minimum atomic E-state index is -0.104. The van der Waals surface area contributed by atoms with Crippen LogP contribution < -0.4 is 14.4 Å². The molecular formula is C28H26Cl2N4O3. The number of carbonyl (C=O) groups excluding carboxylic acids is 1. The highest BCUT2D eigenvalue weighted by atomic mass is 35.5. The van der Waals surface area contributed by atoms with Crippen LogP contribution in [0.25, 0.3) is 16.9 Å². The fraction of sp³-hybridized carbons (Fsp3) is 0.214. The molecule has 0 spiro atoms. The fourth-order valence-corrected chi connectivity index (χ4v) is 4.77. The van der Waals surface area contributed by atoms with Gasteiger partial charge in [-0.25, -0.2) is 4.68 Å². The van der Waals surface area contributed by atoms with Crippen molar-refractivity contribution in [1.82, 2.24) is 14.7 Å². The summed E-state index contributed by atoms with van der Waals surface area (Å²) in [5.41, 5.74) is 3.62.